The van der Waals surface area contributed by atoms with Crippen LogP contribution < -0.4 is 4.74 Å². The van der Waals surface area contributed by atoms with E-state index in [1.165, 1.54) is 5.39 Å². The number of fused-ring (bicyclic) bond motifs is 1. The van der Waals surface area contributed by atoms with Crippen LogP contribution in [0, 0.1) is 6.92 Å². The van der Waals surface area contributed by atoms with Gasteiger partial charge in [0.1, 0.15) is 6.61 Å². The summed E-state index contributed by atoms with van der Waals surface area (Å²) in [6.45, 7) is 2.56. The van der Waals surface area contributed by atoms with Gasteiger partial charge in [0.2, 0.25) is 5.88 Å². The topological polar surface area (TPSA) is 37.9 Å². The second-order valence-electron chi connectivity index (χ2n) is 4.66. The molecule has 0 saturated heterocycles. The minimum Gasteiger partial charge on any atom is -0.473 e. The SMILES string of the molecule is Cc1nc(OCc2ccccc2)c(CI)c2[nH]ccc12. The molecule has 2 aromatic heterocycles. The van der Waals surface area contributed by atoms with Crippen LogP contribution in [0.4, 0.5) is 0 Å². The zero-order valence-corrected chi connectivity index (χ0v) is 13.3. The van der Waals surface area contributed by atoms with E-state index in [9.17, 15) is 0 Å². The van der Waals surface area contributed by atoms with Crippen molar-refractivity contribution in [3.63, 3.8) is 0 Å². The Morgan fingerprint density at radius 2 is 2.00 bits per heavy atom. The highest BCUT2D eigenvalue weighted by Gasteiger charge is 2.13. The van der Waals surface area contributed by atoms with Gasteiger partial charge in [-0.15, -0.1) is 0 Å². The lowest BCUT2D eigenvalue weighted by Gasteiger charge is -2.11. The van der Waals surface area contributed by atoms with E-state index in [4.69, 9.17) is 4.74 Å². The van der Waals surface area contributed by atoms with Crippen LogP contribution in [0.15, 0.2) is 42.6 Å². The molecule has 102 valence electrons. The lowest BCUT2D eigenvalue weighted by Crippen LogP contribution is -2.02. The molecule has 0 radical (unpaired) electrons. The first kappa shape index (κ1) is 13.4. The lowest BCUT2D eigenvalue weighted by atomic mass is 10.2. The smallest absolute Gasteiger partial charge is 0.220 e. The molecule has 0 aliphatic carbocycles. The largest absolute Gasteiger partial charge is 0.473 e. The monoisotopic (exact) mass is 378 g/mol. The third kappa shape index (κ3) is 2.52. The van der Waals surface area contributed by atoms with Gasteiger partial charge < -0.3 is 9.72 Å². The number of alkyl halides is 1. The molecule has 2 heterocycles. The Labute approximate surface area is 131 Å². The molecule has 0 spiro atoms. The first-order valence-corrected chi connectivity index (χ1v) is 8.01. The Bertz CT molecular complexity index is 722. The van der Waals surface area contributed by atoms with Crippen molar-refractivity contribution >= 4 is 33.5 Å². The molecule has 0 aliphatic rings. The number of aromatic nitrogens is 2. The first-order valence-electron chi connectivity index (χ1n) is 6.49. The van der Waals surface area contributed by atoms with Crippen molar-refractivity contribution in [3.8, 4) is 5.88 Å². The summed E-state index contributed by atoms with van der Waals surface area (Å²) in [7, 11) is 0. The summed E-state index contributed by atoms with van der Waals surface area (Å²) in [5.41, 5.74) is 4.41. The van der Waals surface area contributed by atoms with E-state index < -0.39 is 0 Å². The van der Waals surface area contributed by atoms with Gasteiger partial charge in [0.15, 0.2) is 0 Å². The Morgan fingerprint density at radius 3 is 2.75 bits per heavy atom. The molecule has 3 rings (SSSR count). The maximum atomic E-state index is 5.94. The van der Waals surface area contributed by atoms with Crippen LogP contribution in [0.3, 0.4) is 0 Å². The molecule has 1 aromatic carbocycles. The Kier molecular flexibility index (Phi) is 3.91. The molecule has 0 fully saturated rings. The number of ether oxygens (including phenoxy) is 1. The molecular weight excluding hydrogens is 363 g/mol. The summed E-state index contributed by atoms with van der Waals surface area (Å²) in [5.74, 6) is 0.732. The van der Waals surface area contributed by atoms with Gasteiger partial charge in [-0.25, -0.2) is 4.98 Å². The van der Waals surface area contributed by atoms with Crippen molar-refractivity contribution < 1.29 is 4.74 Å². The number of halogens is 1. The number of hydrogen-bond acceptors (Lipinski definition) is 2. The number of benzene rings is 1. The van der Waals surface area contributed by atoms with E-state index in [0.29, 0.717) is 6.61 Å². The number of aromatic amines is 1. The molecular formula is C16H15IN2O. The molecule has 20 heavy (non-hydrogen) atoms. The van der Waals surface area contributed by atoms with Crippen LogP contribution in [0.1, 0.15) is 16.8 Å². The van der Waals surface area contributed by atoms with Gasteiger partial charge in [-0.3, -0.25) is 0 Å². The van der Waals surface area contributed by atoms with E-state index in [2.05, 4.69) is 50.8 Å². The second-order valence-corrected chi connectivity index (χ2v) is 5.42. The fourth-order valence-corrected chi connectivity index (χ4v) is 2.98. The average molecular weight is 378 g/mol. The van der Waals surface area contributed by atoms with Crippen LogP contribution in [-0.4, -0.2) is 9.97 Å². The van der Waals surface area contributed by atoms with E-state index in [-0.39, 0.29) is 0 Å². The standard InChI is InChI=1S/C16H15IN2O/c1-11-13-7-8-18-15(13)14(9-17)16(19-11)20-10-12-5-3-2-4-6-12/h2-8,18H,9-10H2,1H3. The minimum absolute atomic E-state index is 0.545. The Balaban J connectivity index is 1.94. The van der Waals surface area contributed by atoms with E-state index in [1.807, 2.05) is 31.3 Å². The number of nitrogens with one attached hydrogen (secondary N) is 1. The minimum atomic E-state index is 0.545. The van der Waals surface area contributed by atoms with Crippen molar-refractivity contribution in [1.29, 1.82) is 0 Å². The third-order valence-electron chi connectivity index (χ3n) is 3.32. The number of aryl methyl sites for hydroxylation is 1. The first-order chi connectivity index (χ1) is 9.79. The molecule has 0 amide bonds. The Morgan fingerprint density at radius 1 is 1.20 bits per heavy atom. The number of H-pyrrole nitrogens is 1. The molecule has 3 aromatic rings. The highest BCUT2D eigenvalue weighted by molar-refractivity contribution is 14.1. The van der Waals surface area contributed by atoms with Crippen molar-refractivity contribution in [2.45, 2.75) is 18.0 Å². The summed E-state index contributed by atoms with van der Waals surface area (Å²) in [6, 6.07) is 12.2. The lowest BCUT2D eigenvalue weighted by molar-refractivity contribution is 0.291. The van der Waals surface area contributed by atoms with Gasteiger partial charge in [0, 0.05) is 21.6 Å². The van der Waals surface area contributed by atoms with Gasteiger partial charge >= 0.3 is 0 Å². The maximum Gasteiger partial charge on any atom is 0.220 e. The van der Waals surface area contributed by atoms with Gasteiger partial charge in [0.25, 0.3) is 0 Å². The summed E-state index contributed by atoms with van der Waals surface area (Å²) in [6.07, 6.45) is 1.95. The third-order valence-corrected chi connectivity index (χ3v) is 4.08. The van der Waals surface area contributed by atoms with Crippen LogP contribution in [-0.2, 0) is 11.0 Å². The summed E-state index contributed by atoms with van der Waals surface area (Å²) in [4.78, 5) is 7.91. The van der Waals surface area contributed by atoms with Crippen molar-refractivity contribution in [2.24, 2.45) is 0 Å². The van der Waals surface area contributed by atoms with E-state index >= 15 is 0 Å². The molecule has 0 aliphatic heterocycles. The number of pyridine rings is 1. The quantitative estimate of drug-likeness (QED) is 0.540. The van der Waals surface area contributed by atoms with Gasteiger partial charge in [-0.1, -0.05) is 52.9 Å². The molecule has 0 bridgehead atoms. The molecule has 0 saturated carbocycles. The van der Waals surface area contributed by atoms with Gasteiger partial charge in [-0.05, 0) is 18.6 Å². The zero-order chi connectivity index (χ0) is 13.9. The molecule has 3 nitrogen and oxygen atoms in total. The normalized spacial score (nSPS) is 10.9. The average Bonchev–Trinajstić information content (AvgIpc) is 2.96. The maximum absolute atomic E-state index is 5.94. The molecule has 0 atom stereocenters. The van der Waals surface area contributed by atoms with Crippen LogP contribution in [0.25, 0.3) is 10.9 Å². The zero-order valence-electron chi connectivity index (χ0n) is 11.2. The molecule has 1 N–H and O–H groups in total. The molecule has 0 unspecified atom stereocenters. The van der Waals surface area contributed by atoms with Gasteiger partial charge in [-0.2, -0.15) is 0 Å². The van der Waals surface area contributed by atoms with Crippen molar-refractivity contribution in [2.75, 3.05) is 0 Å². The van der Waals surface area contributed by atoms with Crippen molar-refractivity contribution in [3.05, 3.63) is 59.4 Å². The predicted octanol–water partition coefficient (Wildman–Crippen LogP) is 4.39. The number of rotatable bonds is 4. The van der Waals surface area contributed by atoms with Crippen LogP contribution in [0.2, 0.25) is 0 Å². The van der Waals surface area contributed by atoms with E-state index in [0.717, 1.165) is 32.6 Å². The summed E-state index contributed by atoms with van der Waals surface area (Å²) < 4.78 is 6.80. The number of hydrogen-bond donors (Lipinski definition) is 1. The van der Waals surface area contributed by atoms with Crippen LogP contribution >= 0.6 is 22.6 Å². The summed E-state index contributed by atoms with van der Waals surface area (Å²) >= 11 is 2.35. The number of nitrogens with zero attached hydrogens (tertiary/aromatic N) is 1. The highest BCUT2D eigenvalue weighted by atomic mass is 127. The highest BCUT2D eigenvalue weighted by Crippen LogP contribution is 2.29. The predicted molar refractivity (Wildman–Crippen MR) is 89.3 cm³/mol. The second kappa shape index (κ2) is 5.83. The van der Waals surface area contributed by atoms with Crippen LogP contribution in [0.5, 0.6) is 5.88 Å². The summed E-state index contributed by atoms with van der Waals surface area (Å²) in [5, 5.41) is 1.17. The van der Waals surface area contributed by atoms with E-state index in [1.54, 1.807) is 0 Å². The van der Waals surface area contributed by atoms with Crippen molar-refractivity contribution in [1.82, 2.24) is 9.97 Å². The fraction of sp³-hybridized carbons (Fsp3) is 0.188. The van der Waals surface area contributed by atoms with Gasteiger partial charge in [0.05, 0.1) is 11.2 Å². The fourth-order valence-electron chi connectivity index (χ4n) is 2.28. The Hall–Kier alpha value is -1.56. The molecule has 4 heteroatoms.